The highest BCUT2D eigenvalue weighted by Gasteiger charge is 2.34. The van der Waals surface area contributed by atoms with Gasteiger partial charge >= 0.3 is 0 Å². The first-order chi connectivity index (χ1) is 8.66. The van der Waals surface area contributed by atoms with Crippen LogP contribution in [0.25, 0.3) is 11.1 Å². The van der Waals surface area contributed by atoms with Crippen molar-refractivity contribution >= 4 is 5.82 Å². The van der Waals surface area contributed by atoms with Gasteiger partial charge in [0.25, 0.3) is 0 Å². The number of hydrogen-bond donors (Lipinski definition) is 1. The van der Waals surface area contributed by atoms with Gasteiger partial charge in [-0.05, 0) is 36.5 Å². The normalized spacial score (nSPS) is 16.8. The molecule has 0 bridgehead atoms. The number of nitrogen functional groups attached to an aromatic ring is 1. The van der Waals surface area contributed by atoms with Crippen LogP contribution in [0.15, 0.2) is 28.8 Å². The molecule has 2 N–H and O–H groups in total. The van der Waals surface area contributed by atoms with E-state index in [4.69, 9.17) is 10.3 Å². The van der Waals surface area contributed by atoms with E-state index in [-0.39, 0.29) is 11.7 Å². The van der Waals surface area contributed by atoms with Gasteiger partial charge < -0.3 is 10.3 Å². The van der Waals surface area contributed by atoms with Crippen LogP contribution in [0, 0.1) is 11.7 Å². The minimum Gasteiger partial charge on any atom is -0.380 e. The summed E-state index contributed by atoms with van der Waals surface area (Å²) in [6.45, 7) is 2.11. The van der Waals surface area contributed by atoms with Crippen LogP contribution in [-0.4, -0.2) is 5.16 Å². The molecule has 1 unspecified atom stereocenters. The Morgan fingerprint density at radius 3 is 2.89 bits per heavy atom. The zero-order valence-electron chi connectivity index (χ0n) is 10.2. The smallest absolute Gasteiger partial charge is 0.175 e. The highest BCUT2D eigenvalue weighted by atomic mass is 19.1. The number of benzene rings is 1. The van der Waals surface area contributed by atoms with Crippen LogP contribution in [0.1, 0.15) is 31.4 Å². The summed E-state index contributed by atoms with van der Waals surface area (Å²) in [4.78, 5) is 0. The fraction of sp³-hybridized carbons (Fsp3) is 0.357. The van der Waals surface area contributed by atoms with Crippen LogP contribution in [0.5, 0.6) is 0 Å². The second-order valence-electron chi connectivity index (χ2n) is 4.94. The lowest BCUT2D eigenvalue weighted by atomic mass is 9.95. The van der Waals surface area contributed by atoms with Gasteiger partial charge in [0.05, 0.1) is 5.56 Å². The molecule has 1 heterocycles. The van der Waals surface area contributed by atoms with Gasteiger partial charge in [-0.2, -0.15) is 0 Å². The number of nitrogens with two attached hydrogens (primary N) is 1. The van der Waals surface area contributed by atoms with Crippen molar-refractivity contribution < 1.29 is 8.91 Å². The molecule has 3 rings (SSSR count). The van der Waals surface area contributed by atoms with Crippen molar-refractivity contribution in [2.75, 3.05) is 5.73 Å². The van der Waals surface area contributed by atoms with Crippen molar-refractivity contribution in [2.24, 2.45) is 5.92 Å². The van der Waals surface area contributed by atoms with E-state index >= 15 is 0 Å². The summed E-state index contributed by atoms with van der Waals surface area (Å²) >= 11 is 0. The van der Waals surface area contributed by atoms with E-state index in [2.05, 4.69) is 12.1 Å². The minimum absolute atomic E-state index is 0.280. The summed E-state index contributed by atoms with van der Waals surface area (Å²) in [7, 11) is 0. The van der Waals surface area contributed by atoms with Gasteiger partial charge in [-0.3, -0.25) is 0 Å². The molecular formula is C14H15FN2O. The van der Waals surface area contributed by atoms with Crippen molar-refractivity contribution in [3.8, 4) is 11.1 Å². The average molecular weight is 246 g/mol. The van der Waals surface area contributed by atoms with E-state index in [9.17, 15) is 4.39 Å². The molecule has 0 spiro atoms. The highest BCUT2D eigenvalue weighted by molar-refractivity contribution is 5.76. The van der Waals surface area contributed by atoms with Crippen LogP contribution in [0.2, 0.25) is 0 Å². The molecule has 1 fully saturated rings. The van der Waals surface area contributed by atoms with Crippen LogP contribution in [0.4, 0.5) is 10.2 Å². The molecule has 1 aliphatic carbocycles. The van der Waals surface area contributed by atoms with Gasteiger partial charge in [-0.25, -0.2) is 4.39 Å². The molecule has 2 aromatic rings. The summed E-state index contributed by atoms with van der Waals surface area (Å²) in [5.74, 6) is 1.76. The second kappa shape index (κ2) is 4.12. The highest BCUT2D eigenvalue weighted by Crippen LogP contribution is 2.46. The number of anilines is 1. The van der Waals surface area contributed by atoms with Crippen molar-refractivity contribution in [1.82, 2.24) is 5.16 Å². The molecule has 94 valence electrons. The van der Waals surface area contributed by atoms with E-state index in [1.54, 1.807) is 6.07 Å². The fourth-order valence-electron chi connectivity index (χ4n) is 2.37. The quantitative estimate of drug-likeness (QED) is 0.900. The largest absolute Gasteiger partial charge is 0.380 e. The maximum absolute atomic E-state index is 13.3. The van der Waals surface area contributed by atoms with E-state index < -0.39 is 0 Å². The molecule has 0 saturated heterocycles. The predicted octanol–water partition coefficient (Wildman–Crippen LogP) is 3.58. The number of rotatable bonds is 3. The van der Waals surface area contributed by atoms with E-state index in [1.807, 2.05) is 6.07 Å². The van der Waals surface area contributed by atoms with Crippen LogP contribution >= 0.6 is 0 Å². The molecule has 0 amide bonds. The third-order valence-corrected chi connectivity index (χ3v) is 3.60. The molecular weight excluding hydrogens is 231 g/mol. The predicted molar refractivity (Wildman–Crippen MR) is 67.4 cm³/mol. The third kappa shape index (κ3) is 1.88. The monoisotopic (exact) mass is 246 g/mol. The Hall–Kier alpha value is -1.84. The molecule has 18 heavy (non-hydrogen) atoms. The Balaban J connectivity index is 2.07. The fourth-order valence-corrected chi connectivity index (χ4v) is 2.37. The van der Waals surface area contributed by atoms with Crippen molar-refractivity contribution in [3.05, 3.63) is 35.8 Å². The Morgan fingerprint density at radius 2 is 2.22 bits per heavy atom. The van der Waals surface area contributed by atoms with Crippen molar-refractivity contribution in [2.45, 2.75) is 25.7 Å². The van der Waals surface area contributed by atoms with Gasteiger partial charge in [0.1, 0.15) is 11.6 Å². The summed E-state index contributed by atoms with van der Waals surface area (Å²) in [5, 5.41) is 3.83. The van der Waals surface area contributed by atoms with Crippen LogP contribution in [-0.2, 0) is 0 Å². The Kier molecular flexibility index (Phi) is 2.58. The van der Waals surface area contributed by atoms with E-state index in [1.165, 1.54) is 25.0 Å². The minimum atomic E-state index is -0.280. The molecule has 3 nitrogen and oxygen atoms in total. The zero-order chi connectivity index (χ0) is 12.7. The maximum Gasteiger partial charge on any atom is 0.175 e. The maximum atomic E-state index is 13.3. The summed E-state index contributed by atoms with van der Waals surface area (Å²) in [5.41, 5.74) is 7.33. The van der Waals surface area contributed by atoms with Gasteiger partial charge in [0.15, 0.2) is 5.82 Å². The van der Waals surface area contributed by atoms with Crippen LogP contribution in [0.3, 0.4) is 0 Å². The van der Waals surface area contributed by atoms with Crippen molar-refractivity contribution in [3.63, 3.8) is 0 Å². The molecule has 1 aromatic heterocycles. The summed E-state index contributed by atoms with van der Waals surface area (Å²) in [6, 6.07) is 6.38. The Morgan fingerprint density at radius 1 is 1.44 bits per heavy atom. The van der Waals surface area contributed by atoms with Gasteiger partial charge in [-0.1, -0.05) is 24.2 Å². The van der Waals surface area contributed by atoms with Crippen LogP contribution < -0.4 is 5.73 Å². The number of hydrogen-bond acceptors (Lipinski definition) is 3. The summed E-state index contributed by atoms with van der Waals surface area (Å²) in [6.07, 6.45) is 2.43. The van der Waals surface area contributed by atoms with Gasteiger partial charge in [0.2, 0.25) is 0 Å². The molecule has 1 saturated carbocycles. The SMILES string of the molecule is CC(c1onc(N)c1-c1cccc(F)c1)C1CC1. The molecule has 4 heteroatoms. The molecule has 1 aromatic carbocycles. The number of nitrogens with zero attached hydrogens (tertiary/aromatic N) is 1. The molecule has 1 atom stereocenters. The first kappa shape index (κ1) is 11.3. The zero-order valence-corrected chi connectivity index (χ0v) is 10.2. The second-order valence-corrected chi connectivity index (χ2v) is 4.94. The van der Waals surface area contributed by atoms with Gasteiger partial charge in [0, 0.05) is 5.92 Å². The topological polar surface area (TPSA) is 52.0 Å². The molecule has 1 aliphatic rings. The summed E-state index contributed by atoms with van der Waals surface area (Å²) < 4.78 is 18.7. The average Bonchev–Trinajstić information content (AvgIpc) is 3.12. The molecule has 0 radical (unpaired) electrons. The lowest BCUT2D eigenvalue weighted by Gasteiger charge is -2.08. The number of aromatic nitrogens is 1. The third-order valence-electron chi connectivity index (χ3n) is 3.60. The lowest BCUT2D eigenvalue weighted by molar-refractivity contribution is 0.358. The standard InChI is InChI=1S/C14H15FN2O/c1-8(9-5-6-9)13-12(14(16)17-18-13)10-3-2-4-11(15)7-10/h2-4,7-9H,5-6H2,1H3,(H2,16,17). The Bertz CT molecular complexity index is 575. The van der Waals surface area contributed by atoms with Crippen molar-refractivity contribution in [1.29, 1.82) is 0 Å². The number of halogens is 1. The first-order valence-electron chi connectivity index (χ1n) is 6.18. The first-order valence-corrected chi connectivity index (χ1v) is 6.18. The van der Waals surface area contributed by atoms with E-state index in [0.717, 1.165) is 16.9 Å². The molecule has 0 aliphatic heterocycles. The van der Waals surface area contributed by atoms with Gasteiger partial charge in [-0.15, -0.1) is 0 Å². The lowest BCUT2D eigenvalue weighted by Crippen LogP contribution is -1.97. The van der Waals surface area contributed by atoms with E-state index in [0.29, 0.717) is 11.7 Å². The Labute approximate surface area is 105 Å².